The number of rotatable bonds is 4. The zero-order valence-electron chi connectivity index (χ0n) is 20.7. The number of fused-ring (bicyclic) bond motifs is 4. The number of hydrogen-bond donors (Lipinski definition) is 1. The summed E-state index contributed by atoms with van der Waals surface area (Å²) in [4.78, 5) is 12.3. The molecule has 0 heterocycles. The van der Waals surface area contributed by atoms with E-state index in [4.69, 9.17) is 4.74 Å². The van der Waals surface area contributed by atoms with E-state index in [2.05, 4.69) is 56.5 Å². The van der Waals surface area contributed by atoms with Crippen molar-refractivity contribution < 1.29 is 14.6 Å². The number of benzene rings is 1. The van der Waals surface area contributed by atoms with Crippen molar-refractivity contribution in [3.05, 3.63) is 64.8 Å². The van der Waals surface area contributed by atoms with Gasteiger partial charge in [-0.2, -0.15) is 0 Å². The zero-order chi connectivity index (χ0) is 24.1. The van der Waals surface area contributed by atoms with Gasteiger partial charge in [-0.05, 0) is 86.1 Å². The van der Waals surface area contributed by atoms with Gasteiger partial charge < -0.3 is 9.84 Å². The van der Waals surface area contributed by atoms with Gasteiger partial charge in [0.1, 0.15) is 23.7 Å². The van der Waals surface area contributed by atoms with E-state index in [1.165, 1.54) is 16.7 Å². The second-order valence-corrected chi connectivity index (χ2v) is 10.9. The van der Waals surface area contributed by atoms with Gasteiger partial charge in [0.2, 0.25) is 0 Å². The van der Waals surface area contributed by atoms with Crippen molar-refractivity contribution in [2.45, 2.75) is 77.2 Å². The average molecular weight is 457 g/mol. The summed E-state index contributed by atoms with van der Waals surface area (Å²) in [5, 5.41) is 11.8. The molecule has 5 atom stereocenters. The molecule has 1 aromatic carbocycles. The number of carbonyl (C=O) groups excluding carboxylic acids is 1. The van der Waals surface area contributed by atoms with Gasteiger partial charge in [0.05, 0.1) is 0 Å². The van der Waals surface area contributed by atoms with Crippen LogP contribution in [0.3, 0.4) is 0 Å². The van der Waals surface area contributed by atoms with Crippen LogP contribution in [-0.2, 0) is 4.79 Å². The summed E-state index contributed by atoms with van der Waals surface area (Å²) < 4.78 is 5.85. The quantitative estimate of drug-likeness (QED) is 0.433. The fourth-order valence-electron chi connectivity index (χ4n) is 7.51. The molecule has 3 heteroatoms. The zero-order valence-corrected chi connectivity index (χ0v) is 20.7. The number of ketones is 1. The summed E-state index contributed by atoms with van der Waals surface area (Å²) in [6, 6.07) is 6.55. The van der Waals surface area contributed by atoms with Gasteiger partial charge in [0.25, 0.3) is 0 Å². The molecular weight excluding hydrogens is 420 g/mol. The molecule has 4 aliphatic rings. The molecule has 3 fully saturated rings. The van der Waals surface area contributed by atoms with E-state index >= 15 is 0 Å². The number of carbonyl (C=O) groups is 1. The highest BCUT2D eigenvalue weighted by Crippen LogP contribution is 2.66. The lowest BCUT2D eigenvalue weighted by Gasteiger charge is -2.53. The van der Waals surface area contributed by atoms with Gasteiger partial charge in [-0.3, -0.25) is 4.79 Å². The molecule has 4 aliphatic carbocycles. The lowest BCUT2D eigenvalue weighted by atomic mass is 9.51. The average Bonchev–Trinajstić information content (AvgIpc) is 3.07. The fourth-order valence-corrected chi connectivity index (χ4v) is 7.51. The largest absolute Gasteiger partial charge is 0.489 e. The Bertz CT molecular complexity index is 1160. The highest BCUT2D eigenvalue weighted by molar-refractivity contribution is 5.84. The third kappa shape index (κ3) is 3.50. The van der Waals surface area contributed by atoms with Crippen molar-refractivity contribution in [1.29, 1.82) is 0 Å². The van der Waals surface area contributed by atoms with Gasteiger partial charge in [-0.15, -0.1) is 5.92 Å². The van der Waals surface area contributed by atoms with Crippen LogP contribution in [-0.4, -0.2) is 23.1 Å². The van der Waals surface area contributed by atoms with Gasteiger partial charge in [-0.25, -0.2) is 0 Å². The summed E-state index contributed by atoms with van der Waals surface area (Å²) in [6.45, 7) is 10.5. The maximum Gasteiger partial charge on any atom is 0.137 e. The summed E-state index contributed by atoms with van der Waals surface area (Å²) >= 11 is 0. The fraction of sp³-hybridized carbons (Fsp3) is 0.516. The normalized spacial score (nSPS) is 34.3. The molecule has 0 radical (unpaired) electrons. The number of aliphatic hydroxyl groups is 1. The first-order chi connectivity index (χ1) is 16.3. The number of aryl methyl sites for hydroxylation is 1. The summed E-state index contributed by atoms with van der Waals surface area (Å²) in [7, 11) is 0. The topological polar surface area (TPSA) is 46.5 Å². The highest BCUT2D eigenvalue weighted by atomic mass is 16.5. The van der Waals surface area contributed by atoms with E-state index < -0.39 is 5.60 Å². The first kappa shape index (κ1) is 23.2. The first-order valence-electron chi connectivity index (χ1n) is 12.8. The minimum atomic E-state index is -0.949. The second kappa shape index (κ2) is 8.58. The van der Waals surface area contributed by atoms with Crippen molar-refractivity contribution in [2.24, 2.45) is 17.3 Å². The van der Waals surface area contributed by atoms with Crippen molar-refractivity contribution in [3.63, 3.8) is 0 Å². The van der Waals surface area contributed by atoms with Crippen LogP contribution >= 0.6 is 0 Å². The molecule has 0 aliphatic heterocycles. The maximum absolute atomic E-state index is 12.3. The molecular formula is C31H36O3. The summed E-state index contributed by atoms with van der Waals surface area (Å²) in [5.41, 5.74) is 5.43. The Morgan fingerprint density at radius 2 is 2.15 bits per heavy atom. The predicted molar refractivity (Wildman–Crippen MR) is 136 cm³/mol. The van der Waals surface area contributed by atoms with E-state index in [1.54, 1.807) is 11.6 Å². The Labute approximate surface area is 204 Å². The number of ether oxygens (including phenoxy) is 1. The van der Waals surface area contributed by atoms with Crippen LogP contribution in [0.2, 0.25) is 0 Å². The van der Waals surface area contributed by atoms with Gasteiger partial charge in [0, 0.05) is 24.2 Å². The van der Waals surface area contributed by atoms with Crippen LogP contribution in [0, 0.1) is 36.0 Å². The third-order valence-electron chi connectivity index (χ3n) is 9.15. The Balaban J connectivity index is 1.63. The van der Waals surface area contributed by atoms with E-state index in [0.717, 1.165) is 43.4 Å². The molecule has 178 valence electrons. The SMILES string of the molecule is C=CCOc1ccc([C@H]2C[C@@]3(C)[C@@H](CC[C@@]3(O)C#CC)[C@@H]3CC=C4CC(=O)CCC4=C32)cc1C. The molecule has 1 aromatic rings. The molecule has 0 spiro atoms. The standard InChI is InChI=1S/C31H36O3/c1-5-14-31(33)15-13-27-25-10-7-22-18-23(32)9-11-24(22)29(25)26(19-30(27,31)4)21-8-12-28(20(3)17-21)34-16-6-2/h6-8,12,17,25-27,33H,2,9-11,13,15-16,18-19H2,1,3-4H3/t25-,26+,27-,30-,31-/m0/s1. The molecule has 34 heavy (non-hydrogen) atoms. The molecule has 1 N–H and O–H groups in total. The van der Waals surface area contributed by atoms with Crippen molar-refractivity contribution in [1.82, 2.24) is 0 Å². The molecule has 0 saturated heterocycles. The Kier molecular flexibility index (Phi) is 5.85. The third-order valence-corrected chi connectivity index (χ3v) is 9.15. The van der Waals surface area contributed by atoms with E-state index in [9.17, 15) is 9.90 Å². The molecule has 0 aromatic heterocycles. The minimum Gasteiger partial charge on any atom is -0.489 e. The first-order valence-corrected chi connectivity index (χ1v) is 12.8. The lowest BCUT2D eigenvalue weighted by Crippen LogP contribution is -2.50. The van der Waals surface area contributed by atoms with E-state index in [-0.39, 0.29) is 11.3 Å². The van der Waals surface area contributed by atoms with Crippen LogP contribution in [0.5, 0.6) is 5.75 Å². The lowest BCUT2D eigenvalue weighted by molar-refractivity contribution is -0.118. The smallest absolute Gasteiger partial charge is 0.137 e. The van der Waals surface area contributed by atoms with E-state index in [0.29, 0.717) is 37.1 Å². The van der Waals surface area contributed by atoms with Crippen molar-refractivity contribution in [3.8, 4) is 17.6 Å². The predicted octanol–water partition coefficient (Wildman–Crippen LogP) is 6.21. The summed E-state index contributed by atoms with van der Waals surface area (Å²) in [6.07, 6.45) is 9.78. The molecule has 3 saturated carbocycles. The minimum absolute atomic E-state index is 0.216. The molecule has 0 amide bonds. The molecule has 0 unspecified atom stereocenters. The van der Waals surface area contributed by atoms with Crippen molar-refractivity contribution in [2.75, 3.05) is 6.61 Å². The van der Waals surface area contributed by atoms with Crippen LogP contribution < -0.4 is 4.74 Å². The van der Waals surface area contributed by atoms with Gasteiger partial charge in [-0.1, -0.05) is 49.3 Å². The van der Waals surface area contributed by atoms with Crippen LogP contribution in [0.1, 0.15) is 75.8 Å². The Hall–Kier alpha value is -2.57. The molecule has 5 rings (SSSR count). The second-order valence-electron chi connectivity index (χ2n) is 10.9. The van der Waals surface area contributed by atoms with Crippen LogP contribution in [0.25, 0.3) is 0 Å². The van der Waals surface area contributed by atoms with Crippen LogP contribution in [0.15, 0.2) is 53.6 Å². The monoisotopic (exact) mass is 456 g/mol. The Morgan fingerprint density at radius 3 is 2.88 bits per heavy atom. The van der Waals surface area contributed by atoms with Gasteiger partial charge in [0.15, 0.2) is 0 Å². The molecule has 0 bridgehead atoms. The number of allylic oxidation sites excluding steroid dienone is 4. The van der Waals surface area contributed by atoms with Crippen LogP contribution in [0.4, 0.5) is 0 Å². The van der Waals surface area contributed by atoms with Gasteiger partial charge >= 0.3 is 0 Å². The molecule has 3 nitrogen and oxygen atoms in total. The summed E-state index contributed by atoms with van der Waals surface area (Å²) in [5.74, 6) is 8.54. The maximum atomic E-state index is 12.3. The van der Waals surface area contributed by atoms with E-state index in [1.807, 2.05) is 6.92 Å². The highest BCUT2D eigenvalue weighted by Gasteiger charge is 2.62. The number of Topliss-reactive ketones (excluding diaryl/α,β-unsaturated/α-hetero) is 1. The number of hydrogen-bond acceptors (Lipinski definition) is 3. The van der Waals surface area contributed by atoms with Crippen molar-refractivity contribution >= 4 is 5.78 Å². The Morgan fingerprint density at radius 1 is 1.32 bits per heavy atom.